The van der Waals surface area contributed by atoms with E-state index in [1.54, 1.807) is 6.07 Å². The molecule has 6 heteroatoms. The highest BCUT2D eigenvalue weighted by Gasteiger charge is 2.12. The van der Waals surface area contributed by atoms with Gasteiger partial charge in [-0.2, -0.15) is 5.10 Å². The van der Waals surface area contributed by atoms with Crippen LogP contribution >= 0.6 is 0 Å². The Morgan fingerprint density at radius 3 is 2.46 bits per heavy atom. The summed E-state index contributed by atoms with van der Waals surface area (Å²) in [5.41, 5.74) is 5.53. The van der Waals surface area contributed by atoms with Gasteiger partial charge >= 0.3 is 0 Å². The molecule has 3 aromatic rings. The fraction of sp³-hybridized carbons (Fsp3) is 0.227. The zero-order chi connectivity index (χ0) is 20.1. The lowest BCUT2D eigenvalue weighted by molar-refractivity contribution is 0.0977. The maximum atomic E-state index is 12.7. The van der Waals surface area contributed by atoms with Gasteiger partial charge in [0, 0.05) is 29.6 Å². The van der Waals surface area contributed by atoms with Gasteiger partial charge in [0.05, 0.1) is 12.2 Å². The number of rotatable bonds is 4. The molecular weight excluding hydrogens is 350 g/mol. The van der Waals surface area contributed by atoms with Gasteiger partial charge in [-0.25, -0.2) is 4.99 Å². The SMILES string of the molecule is Cc1cccc(C(=O)NC(=NCc2c(C)nn(C)c2C)Nc2ccccc2)c1. The van der Waals surface area contributed by atoms with Crippen molar-refractivity contribution >= 4 is 17.6 Å². The first kappa shape index (κ1) is 19.4. The summed E-state index contributed by atoms with van der Waals surface area (Å²) in [4.78, 5) is 17.3. The Morgan fingerprint density at radius 2 is 1.82 bits per heavy atom. The van der Waals surface area contributed by atoms with Crippen LogP contribution in [0.1, 0.15) is 32.9 Å². The van der Waals surface area contributed by atoms with Crippen molar-refractivity contribution in [3.05, 3.63) is 82.7 Å². The van der Waals surface area contributed by atoms with E-state index in [0.717, 1.165) is 28.2 Å². The van der Waals surface area contributed by atoms with Gasteiger partial charge in [-0.05, 0) is 45.0 Å². The Balaban J connectivity index is 1.85. The summed E-state index contributed by atoms with van der Waals surface area (Å²) in [6.07, 6.45) is 0. The lowest BCUT2D eigenvalue weighted by Crippen LogP contribution is -2.36. The third-order valence-electron chi connectivity index (χ3n) is 4.60. The number of hydrogen-bond donors (Lipinski definition) is 2. The van der Waals surface area contributed by atoms with Crippen molar-refractivity contribution in [3.63, 3.8) is 0 Å². The molecule has 0 radical (unpaired) electrons. The fourth-order valence-electron chi connectivity index (χ4n) is 2.94. The third-order valence-corrected chi connectivity index (χ3v) is 4.60. The lowest BCUT2D eigenvalue weighted by Gasteiger charge is -2.12. The number of benzene rings is 2. The number of anilines is 1. The van der Waals surface area contributed by atoms with Gasteiger partial charge < -0.3 is 5.32 Å². The zero-order valence-corrected chi connectivity index (χ0v) is 16.7. The van der Waals surface area contributed by atoms with Gasteiger partial charge in [0.1, 0.15) is 0 Å². The van der Waals surface area contributed by atoms with Crippen molar-refractivity contribution in [2.45, 2.75) is 27.3 Å². The van der Waals surface area contributed by atoms with Gasteiger partial charge in [0.2, 0.25) is 5.96 Å². The van der Waals surface area contributed by atoms with Gasteiger partial charge in [-0.15, -0.1) is 0 Å². The zero-order valence-electron chi connectivity index (χ0n) is 16.7. The second-order valence-corrected chi connectivity index (χ2v) is 6.75. The molecule has 1 aromatic heterocycles. The first-order valence-electron chi connectivity index (χ1n) is 9.17. The molecular formula is C22H25N5O. The Bertz CT molecular complexity index is 1010. The Kier molecular flexibility index (Phi) is 5.89. The van der Waals surface area contributed by atoms with E-state index in [1.165, 1.54) is 0 Å². The third kappa shape index (κ3) is 4.65. The van der Waals surface area contributed by atoms with Crippen LogP contribution in [0.4, 0.5) is 5.69 Å². The molecule has 2 N–H and O–H groups in total. The van der Waals surface area contributed by atoms with Crippen LogP contribution in [0, 0.1) is 20.8 Å². The van der Waals surface area contributed by atoms with E-state index in [2.05, 4.69) is 20.7 Å². The standard InChI is InChI=1S/C22H25N5O/c1-15-9-8-10-18(13-15)21(28)25-22(24-19-11-6-5-7-12-19)23-14-20-16(2)26-27(4)17(20)3/h5-13H,14H2,1-4H3,(H2,23,24,25,28). The van der Waals surface area contributed by atoms with Crippen molar-refractivity contribution in [2.75, 3.05) is 5.32 Å². The van der Waals surface area contributed by atoms with E-state index in [-0.39, 0.29) is 5.91 Å². The Hall–Kier alpha value is -3.41. The van der Waals surface area contributed by atoms with Gasteiger partial charge in [-0.3, -0.25) is 14.8 Å². The topological polar surface area (TPSA) is 71.3 Å². The van der Waals surface area contributed by atoms with Crippen molar-refractivity contribution < 1.29 is 4.79 Å². The molecule has 0 aliphatic heterocycles. The van der Waals surface area contributed by atoms with E-state index in [4.69, 9.17) is 0 Å². The van der Waals surface area contributed by atoms with E-state index >= 15 is 0 Å². The summed E-state index contributed by atoms with van der Waals surface area (Å²) >= 11 is 0. The van der Waals surface area contributed by atoms with E-state index in [0.29, 0.717) is 18.1 Å². The number of nitrogens with one attached hydrogen (secondary N) is 2. The van der Waals surface area contributed by atoms with Crippen molar-refractivity contribution in [1.29, 1.82) is 0 Å². The summed E-state index contributed by atoms with van der Waals surface area (Å²) in [5.74, 6) is 0.200. The number of carbonyl (C=O) groups is 1. The number of nitrogens with zero attached hydrogens (tertiary/aromatic N) is 3. The summed E-state index contributed by atoms with van der Waals surface area (Å²) < 4.78 is 1.84. The molecule has 28 heavy (non-hydrogen) atoms. The minimum Gasteiger partial charge on any atom is -0.326 e. The summed E-state index contributed by atoms with van der Waals surface area (Å²) in [6.45, 7) is 6.37. The molecule has 0 unspecified atom stereocenters. The number of aliphatic imine (C=N–C) groups is 1. The molecule has 0 aliphatic rings. The van der Waals surface area contributed by atoms with Crippen LogP contribution in [0.3, 0.4) is 0 Å². The maximum Gasteiger partial charge on any atom is 0.257 e. The molecule has 0 fully saturated rings. The molecule has 144 valence electrons. The molecule has 3 rings (SSSR count). The van der Waals surface area contributed by atoms with Gasteiger partial charge in [-0.1, -0.05) is 35.9 Å². The largest absolute Gasteiger partial charge is 0.326 e. The monoisotopic (exact) mass is 375 g/mol. The van der Waals surface area contributed by atoms with Crippen LogP contribution < -0.4 is 10.6 Å². The molecule has 0 aliphatic carbocycles. The smallest absolute Gasteiger partial charge is 0.257 e. The van der Waals surface area contributed by atoms with Gasteiger partial charge in [0.25, 0.3) is 5.91 Å². The van der Waals surface area contributed by atoms with Crippen LogP contribution in [-0.2, 0) is 13.6 Å². The normalized spacial score (nSPS) is 11.4. The molecule has 2 aromatic carbocycles. The summed E-state index contributed by atoms with van der Waals surface area (Å²) in [6, 6.07) is 17.1. The average molecular weight is 375 g/mol. The van der Waals surface area contributed by atoms with E-state index in [1.807, 2.05) is 81.0 Å². The number of carbonyl (C=O) groups excluding carboxylic acids is 1. The highest BCUT2D eigenvalue weighted by Crippen LogP contribution is 2.13. The van der Waals surface area contributed by atoms with Crippen LogP contribution in [-0.4, -0.2) is 21.6 Å². The number of amides is 1. The van der Waals surface area contributed by atoms with E-state index < -0.39 is 0 Å². The molecule has 0 bridgehead atoms. The van der Waals surface area contributed by atoms with Crippen molar-refractivity contribution in [3.8, 4) is 0 Å². The Morgan fingerprint density at radius 1 is 1.07 bits per heavy atom. The molecule has 0 spiro atoms. The predicted molar refractivity (Wildman–Crippen MR) is 113 cm³/mol. The number of para-hydroxylation sites is 1. The van der Waals surface area contributed by atoms with Crippen LogP contribution in [0.5, 0.6) is 0 Å². The molecule has 1 amide bonds. The van der Waals surface area contributed by atoms with Crippen molar-refractivity contribution in [2.24, 2.45) is 12.0 Å². The van der Waals surface area contributed by atoms with Gasteiger partial charge in [0.15, 0.2) is 0 Å². The number of guanidine groups is 1. The first-order valence-corrected chi connectivity index (χ1v) is 9.17. The van der Waals surface area contributed by atoms with Crippen LogP contribution in [0.15, 0.2) is 59.6 Å². The Labute approximate surface area is 165 Å². The maximum absolute atomic E-state index is 12.7. The quantitative estimate of drug-likeness (QED) is 0.539. The summed E-state index contributed by atoms with van der Waals surface area (Å²) in [7, 11) is 1.91. The molecule has 6 nitrogen and oxygen atoms in total. The molecule has 0 saturated heterocycles. The second kappa shape index (κ2) is 8.52. The highest BCUT2D eigenvalue weighted by atomic mass is 16.1. The highest BCUT2D eigenvalue weighted by molar-refractivity contribution is 6.10. The number of aryl methyl sites for hydroxylation is 3. The van der Waals surface area contributed by atoms with E-state index in [9.17, 15) is 4.79 Å². The fourth-order valence-corrected chi connectivity index (χ4v) is 2.94. The lowest BCUT2D eigenvalue weighted by atomic mass is 10.1. The van der Waals surface area contributed by atoms with Crippen molar-refractivity contribution in [1.82, 2.24) is 15.1 Å². The second-order valence-electron chi connectivity index (χ2n) is 6.75. The predicted octanol–water partition coefficient (Wildman–Crippen LogP) is 3.74. The minimum atomic E-state index is -0.203. The van der Waals surface area contributed by atoms with Crippen LogP contribution in [0.2, 0.25) is 0 Å². The summed E-state index contributed by atoms with van der Waals surface area (Å²) in [5, 5.41) is 10.5. The van der Waals surface area contributed by atoms with Crippen LogP contribution in [0.25, 0.3) is 0 Å². The average Bonchev–Trinajstić information content (AvgIpc) is 2.92. The number of aromatic nitrogens is 2. The first-order chi connectivity index (χ1) is 13.4. The molecule has 0 atom stereocenters. The molecule has 0 saturated carbocycles. The minimum absolute atomic E-state index is 0.203. The molecule has 1 heterocycles. The number of hydrogen-bond acceptors (Lipinski definition) is 3.